The normalized spacial score (nSPS) is 19.6. The van der Waals surface area contributed by atoms with Gasteiger partial charge < -0.3 is 5.32 Å². The molecule has 0 bridgehead atoms. The number of halogens is 1. The number of hydrogen-bond donors (Lipinski definition) is 2. The highest BCUT2D eigenvalue weighted by Gasteiger charge is 2.38. The molecule has 1 aliphatic heterocycles. The van der Waals surface area contributed by atoms with Gasteiger partial charge in [0.05, 0.1) is 5.70 Å². The topological polar surface area (TPSA) is 52.6 Å². The molecule has 0 fully saturated rings. The second kappa shape index (κ2) is 8.14. The fraction of sp³-hybridized carbons (Fsp3) is 0.263. The Hall–Kier alpha value is -2.37. The van der Waals surface area contributed by atoms with Crippen molar-refractivity contribution in [3.63, 3.8) is 0 Å². The van der Waals surface area contributed by atoms with Crippen LogP contribution in [0.4, 0.5) is 5.69 Å². The van der Waals surface area contributed by atoms with E-state index >= 15 is 0 Å². The van der Waals surface area contributed by atoms with Crippen LogP contribution in [0.1, 0.15) is 25.3 Å². The quantitative estimate of drug-likeness (QED) is 0.446. The van der Waals surface area contributed by atoms with Gasteiger partial charge in [0.1, 0.15) is 0 Å². The highest BCUT2D eigenvalue weighted by atomic mass is 35.5. The van der Waals surface area contributed by atoms with Gasteiger partial charge in [0.15, 0.2) is 0 Å². The lowest BCUT2D eigenvalue weighted by Gasteiger charge is -2.41. The van der Waals surface area contributed by atoms with Gasteiger partial charge in [-0.25, -0.2) is 9.41 Å². The molecular formula is C19H22ClN5. The number of hydrogen-bond acceptors (Lipinski definition) is 5. The van der Waals surface area contributed by atoms with Gasteiger partial charge in [-0.15, -0.1) is 0 Å². The number of anilines is 1. The molecule has 1 atom stereocenters. The highest BCUT2D eigenvalue weighted by molar-refractivity contribution is 6.19. The fourth-order valence-electron chi connectivity index (χ4n) is 2.64. The van der Waals surface area contributed by atoms with Gasteiger partial charge in [-0.05, 0) is 36.8 Å². The largest absolute Gasteiger partial charge is 0.330 e. The summed E-state index contributed by atoms with van der Waals surface area (Å²) in [6, 6.07) is 13.8. The molecule has 0 aliphatic carbocycles. The molecule has 0 saturated heterocycles. The van der Waals surface area contributed by atoms with Gasteiger partial charge in [-0.2, -0.15) is 0 Å². The van der Waals surface area contributed by atoms with E-state index in [1.807, 2.05) is 48.5 Å². The van der Waals surface area contributed by atoms with Crippen LogP contribution in [-0.2, 0) is 0 Å². The molecule has 130 valence electrons. The number of nitrogens with zero attached hydrogens (tertiary/aromatic N) is 3. The van der Waals surface area contributed by atoms with Gasteiger partial charge in [0.25, 0.3) is 5.91 Å². The average molecular weight is 356 g/mol. The first-order valence-electron chi connectivity index (χ1n) is 8.45. The number of allylic oxidation sites excluding steroid dienone is 1. The summed E-state index contributed by atoms with van der Waals surface area (Å²) in [6.45, 7) is 2.95. The van der Waals surface area contributed by atoms with Gasteiger partial charge in [-0.1, -0.05) is 31.5 Å². The molecule has 0 spiro atoms. The second-order valence-electron chi connectivity index (χ2n) is 5.79. The summed E-state index contributed by atoms with van der Waals surface area (Å²) >= 11 is 6.77. The smallest absolute Gasteiger partial charge is 0.282 e. The molecule has 1 aromatic carbocycles. The Morgan fingerprint density at radius 3 is 2.60 bits per heavy atom. The van der Waals surface area contributed by atoms with E-state index in [1.54, 1.807) is 23.0 Å². The van der Waals surface area contributed by atoms with Crippen molar-refractivity contribution in [3.8, 4) is 0 Å². The maximum absolute atomic E-state index is 6.77. The lowest BCUT2D eigenvalue weighted by Crippen LogP contribution is -2.60. The van der Waals surface area contributed by atoms with Crippen molar-refractivity contribution in [2.75, 3.05) is 11.9 Å². The molecule has 1 unspecified atom stereocenters. The summed E-state index contributed by atoms with van der Waals surface area (Å²) in [5.41, 5.74) is 2.77. The molecule has 2 N–H and O–H groups in total. The standard InChI is InChI=1S/C19H22ClN5/c1-2-3-12-22-19(24-17-7-5-4-6-8-17)23-15-11-18(25(19)20)16-9-13-21-14-10-16/h4-11,13-15,22,24H,2-3,12H2,1H3. The van der Waals surface area contributed by atoms with Crippen molar-refractivity contribution in [2.45, 2.75) is 25.7 Å². The Morgan fingerprint density at radius 2 is 1.88 bits per heavy atom. The van der Waals surface area contributed by atoms with Gasteiger partial charge in [-0.3, -0.25) is 10.3 Å². The molecule has 0 saturated carbocycles. The van der Waals surface area contributed by atoms with Crippen LogP contribution >= 0.6 is 11.8 Å². The Balaban J connectivity index is 1.91. The molecule has 0 radical (unpaired) electrons. The van der Waals surface area contributed by atoms with Crippen LogP contribution in [0, 0.1) is 0 Å². The van der Waals surface area contributed by atoms with Crippen LogP contribution in [0.2, 0.25) is 0 Å². The molecule has 2 heterocycles. The predicted molar refractivity (Wildman–Crippen MR) is 104 cm³/mol. The van der Waals surface area contributed by atoms with Gasteiger partial charge in [0, 0.05) is 48.2 Å². The average Bonchev–Trinajstić information content (AvgIpc) is 2.66. The zero-order valence-electron chi connectivity index (χ0n) is 14.2. The van der Waals surface area contributed by atoms with Crippen molar-refractivity contribution in [1.29, 1.82) is 0 Å². The molecule has 25 heavy (non-hydrogen) atoms. The van der Waals surface area contributed by atoms with E-state index in [2.05, 4.69) is 27.5 Å². The maximum Gasteiger partial charge on any atom is 0.282 e. The SMILES string of the molecule is CCCCNC1(Nc2ccccc2)N=CC=C(c2ccncc2)N1Cl. The molecule has 0 amide bonds. The third-order valence-corrected chi connectivity index (χ3v) is 4.39. The van der Waals surface area contributed by atoms with Crippen LogP contribution in [0.15, 0.2) is 65.9 Å². The van der Waals surface area contributed by atoms with E-state index in [0.29, 0.717) is 0 Å². The first kappa shape index (κ1) is 17.5. The van der Waals surface area contributed by atoms with E-state index in [4.69, 9.17) is 11.8 Å². The lowest BCUT2D eigenvalue weighted by molar-refractivity contribution is 0.245. The molecule has 2 aromatic rings. The Labute approximate surface area is 153 Å². The third kappa shape index (κ3) is 4.00. The zero-order chi connectivity index (χ0) is 17.5. The number of unbranched alkanes of at least 4 members (excludes halogenated alkanes) is 1. The summed E-state index contributed by atoms with van der Waals surface area (Å²) in [5.74, 6) is -0.953. The van der Waals surface area contributed by atoms with Crippen LogP contribution in [0.25, 0.3) is 5.70 Å². The Morgan fingerprint density at radius 1 is 1.12 bits per heavy atom. The van der Waals surface area contributed by atoms with Crippen LogP contribution in [0.3, 0.4) is 0 Å². The number of rotatable bonds is 7. The Kier molecular flexibility index (Phi) is 5.68. The van der Waals surface area contributed by atoms with Crippen molar-refractivity contribution in [2.24, 2.45) is 4.99 Å². The first-order chi connectivity index (χ1) is 12.2. The molecule has 1 aromatic heterocycles. The van der Waals surface area contributed by atoms with E-state index in [0.717, 1.165) is 36.3 Å². The maximum atomic E-state index is 6.77. The number of pyridine rings is 1. The minimum atomic E-state index is -0.953. The van der Waals surface area contributed by atoms with E-state index in [-0.39, 0.29) is 0 Å². The predicted octanol–water partition coefficient (Wildman–Crippen LogP) is 4.08. The summed E-state index contributed by atoms with van der Waals surface area (Å²) in [4.78, 5) is 8.72. The Bertz CT molecular complexity index is 732. The van der Waals surface area contributed by atoms with Crippen LogP contribution in [0.5, 0.6) is 0 Å². The molecule has 1 aliphatic rings. The third-order valence-electron chi connectivity index (χ3n) is 3.96. The first-order valence-corrected chi connectivity index (χ1v) is 8.79. The summed E-state index contributed by atoms with van der Waals surface area (Å²) < 4.78 is 1.62. The number of para-hydroxylation sites is 1. The second-order valence-corrected chi connectivity index (χ2v) is 6.13. The molecule has 6 heteroatoms. The fourth-order valence-corrected chi connectivity index (χ4v) is 2.94. The zero-order valence-corrected chi connectivity index (χ0v) is 14.9. The van der Waals surface area contributed by atoms with Crippen LogP contribution in [-0.4, -0.2) is 28.1 Å². The minimum absolute atomic E-state index is 0.792. The van der Waals surface area contributed by atoms with Crippen molar-refractivity contribution in [3.05, 3.63) is 66.5 Å². The molecule has 3 rings (SSSR count). The van der Waals surface area contributed by atoms with Gasteiger partial charge >= 0.3 is 0 Å². The van der Waals surface area contributed by atoms with Crippen molar-refractivity contribution >= 4 is 29.4 Å². The molecular weight excluding hydrogens is 334 g/mol. The van der Waals surface area contributed by atoms with E-state index < -0.39 is 5.91 Å². The van der Waals surface area contributed by atoms with E-state index in [9.17, 15) is 0 Å². The van der Waals surface area contributed by atoms with Crippen molar-refractivity contribution < 1.29 is 0 Å². The minimum Gasteiger partial charge on any atom is -0.330 e. The number of aromatic nitrogens is 1. The van der Waals surface area contributed by atoms with Gasteiger partial charge in [0.2, 0.25) is 0 Å². The lowest BCUT2D eigenvalue weighted by atomic mass is 10.1. The van der Waals surface area contributed by atoms with E-state index in [1.165, 1.54) is 0 Å². The number of benzene rings is 1. The van der Waals surface area contributed by atoms with Crippen molar-refractivity contribution in [1.82, 2.24) is 14.7 Å². The number of aliphatic imine (C=N–C) groups is 1. The molecule has 5 nitrogen and oxygen atoms in total. The summed E-state index contributed by atoms with van der Waals surface area (Å²) in [5, 5.41) is 6.89. The summed E-state index contributed by atoms with van der Waals surface area (Å²) in [6.07, 6.45) is 9.31. The van der Waals surface area contributed by atoms with Crippen LogP contribution < -0.4 is 10.6 Å². The highest BCUT2D eigenvalue weighted by Crippen LogP contribution is 2.32. The summed E-state index contributed by atoms with van der Waals surface area (Å²) in [7, 11) is 0. The number of nitrogens with one attached hydrogen (secondary N) is 2. The monoisotopic (exact) mass is 355 g/mol.